The zero-order valence-corrected chi connectivity index (χ0v) is 13.3. The number of rotatable bonds is 4. The van der Waals surface area contributed by atoms with E-state index in [1.807, 2.05) is 32.0 Å². The lowest BCUT2D eigenvalue weighted by Crippen LogP contribution is -2.10. The van der Waals surface area contributed by atoms with Crippen molar-refractivity contribution in [1.29, 1.82) is 0 Å². The van der Waals surface area contributed by atoms with Crippen molar-refractivity contribution in [3.05, 3.63) is 36.2 Å². The molecule has 6 nitrogen and oxygen atoms in total. The van der Waals surface area contributed by atoms with Gasteiger partial charge in [0, 0.05) is 23.6 Å². The molecule has 0 spiro atoms. The molecule has 1 amide bonds. The van der Waals surface area contributed by atoms with Crippen LogP contribution in [0.4, 0.5) is 5.69 Å². The first-order valence-electron chi connectivity index (χ1n) is 7.41. The Bertz CT molecular complexity index is 857. The maximum atomic E-state index is 11.8. The number of hydrogen-bond acceptors (Lipinski definition) is 4. The number of aromatic nitrogens is 3. The molecule has 0 saturated heterocycles. The Morgan fingerprint density at radius 2 is 2.22 bits per heavy atom. The molecule has 3 rings (SSSR count). The van der Waals surface area contributed by atoms with Crippen LogP contribution in [0.1, 0.15) is 18.9 Å². The van der Waals surface area contributed by atoms with Crippen molar-refractivity contribution >= 4 is 22.5 Å². The Kier molecular flexibility index (Phi) is 3.97. The van der Waals surface area contributed by atoms with Gasteiger partial charge in [-0.25, -0.2) is 4.98 Å². The van der Waals surface area contributed by atoms with Crippen molar-refractivity contribution in [2.75, 3.05) is 12.4 Å². The molecule has 3 aromatic rings. The second-order valence-electron chi connectivity index (χ2n) is 5.25. The Labute approximate surface area is 133 Å². The van der Waals surface area contributed by atoms with Crippen molar-refractivity contribution < 1.29 is 9.53 Å². The third kappa shape index (κ3) is 2.75. The summed E-state index contributed by atoms with van der Waals surface area (Å²) in [5.41, 5.74) is 4.11. The molecule has 2 N–H and O–H groups in total. The van der Waals surface area contributed by atoms with E-state index in [1.165, 1.54) is 0 Å². The maximum absolute atomic E-state index is 11.8. The summed E-state index contributed by atoms with van der Waals surface area (Å²) in [6, 6.07) is 5.65. The monoisotopic (exact) mass is 310 g/mol. The van der Waals surface area contributed by atoms with Gasteiger partial charge in [0.15, 0.2) is 0 Å². The van der Waals surface area contributed by atoms with Crippen LogP contribution in [0.3, 0.4) is 0 Å². The fourth-order valence-electron chi connectivity index (χ4n) is 2.55. The number of carbonyl (C=O) groups excluding carboxylic acids is 1. The van der Waals surface area contributed by atoms with Gasteiger partial charge in [0.2, 0.25) is 5.91 Å². The van der Waals surface area contributed by atoms with Gasteiger partial charge in [0.25, 0.3) is 0 Å². The second kappa shape index (κ2) is 6.08. The molecule has 0 radical (unpaired) electrons. The number of nitrogens with one attached hydrogen (secondary N) is 2. The summed E-state index contributed by atoms with van der Waals surface area (Å²) in [5, 5.41) is 10.6. The molecule has 1 aromatic carbocycles. The van der Waals surface area contributed by atoms with Crippen LogP contribution in [-0.4, -0.2) is 28.2 Å². The zero-order chi connectivity index (χ0) is 16.4. The highest BCUT2D eigenvalue weighted by atomic mass is 16.5. The lowest BCUT2D eigenvalue weighted by molar-refractivity contribution is -0.115. The minimum absolute atomic E-state index is 0.0513. The van der Waals surface area contributed by atoms with Crippen LogP contribution in [-0.2, 0) is 4.79 Å². The summed E-state index contributed by atoms with van der Waals surface area (Å²) in [5.74, 6) is 0.683. The number of H-pyrrole nitrogens is 1. The predicted octanol–water partition coefficient (Wildman–Crippen LogP) is 3.29. The highest BCUT2D eigenvalue weighted by Crippen LogP contribution is 2.35. The van der Waals surface area contributed by atoms with Crippen molar-refractivity contribution in [1.82, 2.24) is 15.2 Å². The number of methoxy groups -OCH3 is 1. The molecule has 0 unspecified atom stereocenters. The predicted molar refractivity (Wildman–Crippen MR) is 89.5 cm³/mol. The molecule has 0 aliphatic heterocycles. The van der Waals surface area contributed by atoms with Gasteiger partial charge in [-0.15, -0.1) is 0 Å². The largest absolute Gasteiger partial charge is 0.496 e. The fraction of sp³-hybridized carbons (Fsp3) is 0.235. The summed E-state index contributed by atoms with van der Waals surface area (Å²) in [6.45, 7) is 3.82. The van der Waals surface area contributed by atoms with Gasteiger partial charge in [0.1, 0.15) is 5.75 Å². The van der Waals surface area contributed by atoms with Gasteiger partial charge in [0.05, 0.1) is 30.2 Å². The second-order valence-corrected chi connectivity index (χ2v) is 5.25. The quantitative estimate of drug-likeness (QED) is 0.775. The molecular formula is C17H18N4O2. The topological polar surface area (TPSA) is 79.9 Å². The van der Waals surface area contributed by atoms with Crippen LogP contribution >= 0.6 is 0 Å². The number of anilines is 1. The molecule has 0 aliphatic rings. The first-order chi connectivity index (χ1) is 11.1. The van der Waals surface area contributed by atoms with E-state index in [9.17, 15) is 4.79 Å². The number of fused-ring (bicyclic) bond motifs is 1. The standard InChI is InChI=1S/C17H18N4O2/c1-4-15(22)20-12-5-6-14(23-3)16-10(2)7-13(21-17(12)16)11-8-18-19-9-11/h5-9H,4H2,1-3H3,(H,18,19)(H,20,22). The van der Waals surface area contributed by atoms with Crippen LogP contribution in [0.2, 0.25) is 0 Å². The Morgan fingerprint density at radius 3 is 2.87 bits per heavy atom. The van der Waals surface area contributed by atoms with Gasteiger partial charge >= 0.3 is 0 Å². The summed E-state index contributed by atoms with van der Waals surface area (Å²) in [7, 11) is 1.63. The maximum Gasteiger partial charge on any atom is 0.224 e. The molecule has 0 fully saturated rings. The van der Waals surface area contributed by atoms with Gasteiger partial charge in [-0.05, 0) is 30.7 Å². The van der Waals surface area contributed by atoms with E-state index in [2.05, 4.69) is 15.5 Å². The molecule has 0 bridgehead atoms. The van der Waals surface area contributed by atoms with Crippen molar-refractivity contribution in [2.24, 2.45) is 0 Å². The van der Waals surface area contributed by atoms with E-state index in [0.29, 0.717) is 17.6 Å². The summed E-state index contributed by atoms with van der Waals surface area (Å²) >= 11 is 0. The number of nitrogens with zero attached hydrogens (tertiary/aromatic N) is 2. The van der Waals surface area contributed by atoms with Crippen LogP contribution in [0, 0.1) is 6.92 Å². The minimum atomic E-state index is -0.0513. The molecule has 6 heteroatoms. The van der Waals surface area contributed by atoms with Crippen LogP contribution in [0.15, 0.2) is 30.6 Å². The number of aromatic amines is 1. The molecule has 0 saturated carbocycles. The van der Waals surface area contributed by atoms with Gasteiger partial charge in [-0.1, -0.05) is 6.92 Å². The van der Waals surface area contributed by atoms with Crippen molar-refractivity contribution in [3.8, 4) is 17.0 Å². The number of ether oxygens (including phenoxy) is 1. The Morgan fingerprint density at radius 1 is 1.39 bits per heavy atom. The number of pyridine rings is 1. The zero-order valence-electron chi connectivity index (χ0n) is 13.3. The van der Waals surface area contributed by atoms with Gasteiger partial charge in [-0.3, -0.25) is 9.89 Å². The normalized spacial score (nSPS) is 10.7. The van der Waals surface area contributed by atoms with E-state index in [-0.39, 0.29) is 5.91 Å². The summed E-state index contributed by atoms with van der Waals surface area (Å²) < 4.78 is 5.45. The number of hydrogen-bond donors (Lipinski definition) is 2. The van der Waals surface area contributed by atoms with E-state index in [4.69, 9.17) is 9.72 Å². The molecule has 23 heavy (non-hydrogen) atoms. The first-order valence-corrected chi connectivity index (χ1v) is 7.41. The lowest BCUT2D eigenvalue weighted by Gasteiger charge is -2.14. The van der Waals surface area contributed by atoms with Crippen LogP contribution < -0.4 is 10.1 Å². The molecular weight excluding hydrogens is 292 g/mol. The Hall–Kier alpha value is -2.89. The lowest BCUT2D eigenvalue weighted by atomic mass is 10.0. The highest BCUT2D eigenvalue weighted by molar-refractivity contribution is 6.04. The van der Waals surface area contributed by atoms with Crippen molar-refractivity contribution in [2.45, 2.75) is 20.3 Å². The van der Waals surface area contributed by atoms with Crippen LogP contribution in [0.5, 0.6) is 5.75 Å². The first kappa shape index (κ1) is 15.0. The average molecular weight is 310 g/mol. The highest BCUT2D eigenvalue weighted by Gasteiger charge is 2.14. The molecule has 0 atom stereocenters. The van der Waals surface area contributed by atoms with Crippen molar-refractivity contribution in [3.63, 3.8) is 0 Å². The summed E-state index contributed by atoms with van der Waals surface area (Å²) in [6.07, 6.45) is 3.92. The van der Waals surface area contributed by atoms with Gasteiger partial charge < -0.3 is 10.1 Å². The molecule has 118 valence electrons. The third-order valence-electron chi connectivity index (χ3n) is 3.73. The van der Waals surface area contributed by atoms with E-state index in [1.54, 1.807) is 19.5 Å². The minimum Gasteiger partial charge on any atom is -0.496 e. The van der Waals surface area contributed by atoms with Crippen LogP contribution in [0.25, 0.3) is 22.2 Å². The van der Waals surface area contributed by atoms with E-state index in [0.717, 1.165) is 28.0 Å². The number of benzene rings is 1. The van der Waals surface area contributed by atoms with E-state index < -0.39 is 0 Å². The van der Waals surface area contributed by atoms with Gasteiger partial charge in [-0.2, -0.15) is 5.10 Å². The summed E-state index contributed by atoms with van der Waals surface area (Å²) in [4.78, 5) is 16.5. The molecule has 0 aliphatic carbocycles. The van der Waals surface area contributed by atoms with E-state index >= 15 is 0 Å². The molecule has 2 aromatic heterocycles. The number of carbonyl (C=O) groups is 1. The molecule has 2 heterocycles. The fourth-order valence-corrected chi connectivity index (χ4v) is 2.55. The SMILES string of the molecule is CCC(=O)Nc1ccc(OC)c2c(C)cc(-c3cn[nH]c3)nc12. The average Bonchev–Trinajstić information content (AvgIpc) is 3.09. The number of aryl methyl sites for hydroxylation is 1. The smallest absolute Gasteiger partial charge is 0.224 e. The third-order valence-corrected chi connectivity index (χ3v) is 3.73. The number of amides is 1. The Balaban J connectivity index is 2.26.